The summed E-state index contributed by atoms with van der Waals surface area (Å²) < 4.78 is 0. The van der Waals surface area contributed by atoms with Crippen LogP contribution in [0, 0.1) is 27.7 Å². The predicted molar refractivity (Wildman–Crippen MR) is 127 cm³/mol. The second kappa shape index (κ2) is 7.89. The molecule has 0 bridgehead atoms. The van der Waals surface area contributed by atoms with Crippen molar-refractivity contribution in [3.05, 3.63) is 82.9 Å². The van der Waals surface area contributed by atoms with Crippen LogP contribution >= 0.6 is 0 Å². The Labute approximate surface area is 186 Å². The van der Waals surface area contributed by atoms with Gasteiger partial charge in [0.1, 0.15) is 0 Å². The highest BCUT2D eigenvalue weighted by Crippen LogP contribution is 2.28. The lowest BCUT2D eigenvalue weighted by molar-refractivity contribution is 1.09. The van der Waals surface area contributed by atoms with Crippen LogP contribution in [0.1, 0.15) is 22.3 Å². The Morgan fingerprint density at radius 3 is 1.47 bits per heavy atom. The zero-order chi connectivity index (χ0) is 22.2. The van der Waals surface area contributed by atoms with Crippen molar-refractivity contribution in [2.75, 3.05) is 0 Å². The van der Waals surface area contributed by atoms with E-state index in [9.17, 15) is 0 Å². The molecule has 0 aliphatic carbocycles. The summed E-state index contributed by atoms with van der Waals surface area (Å²) in [6.07, 6.45) is 0. The molecule has 0 atom stereocenters. The number of nitrogens with one attached hydrogen (secondary N) is 2. The first-order valence-corrected chi connectivity index (χ1v) is 10.6. The van der Waals surface area contributed by atoms with Gasteiger partial charge in [-0.25, -0.2) is 9.97 Å². The lowest BCUT2D eigenvalue weighted by Gasteiger charge is -2.04. The topological polar surface area (TPSA) is 83.1 Å². The molecule has 0 saturated carbocycles. The summed E-state index contributed by atoms with van der Waals surface area (Å²) in [4.78, 5) is 9.49. The molecule has 0 fully saturated rings. The van der Waals surface area contributed by atoms with Gasteiger partial charge in [-0.15, -0.1) is 0 Å². The number of aromatic nitrogens is 6. The normalized spacial score (nSPS) is 11.1. The summed E-state index contributed by atoms with van der Waals surface area (Å²) in [6.45, 7) is 8.40. The SMILES string of the molecule is Cc1cccc(-c2nc(-c3cccc(-c4n[nH]c(-c5cccc(C)c5C)n4)c3)n[nH]2)c1C. The molecule has 6 nitrogen and oxygen atoms in total. The number of nitrogens with zero attached hydrogens (tertiary/aromatic N) is 4. The van der Waals surface area contributed by atoms with Crippen molar-refractivity contribution in [1.82, 2.24) is 30.4 Å². The van der Waals surface area contributed by atoms with Gasteiger partial charge in [0.25, 0.3) is 0 Å². The van der Waals surface area contributed by atoms with Crippen LogP contribution in [0.4, 0.5) is 0 Å². The first-order valence-electron chi connectivity index (χ1n) is 10.6. The van der Waals surface area contributed by atoms with E-state index in [-0.39, 0.29) is 0 Å². The fourth-order valence-corrected chi connectivity index (χ4v) is 3.84. The van der Waals surface area contributed by atoms with Gasteiger partial charge in [-0.3, -0.25) is 10.2 Å². The molecular weight excluding hydrogens is 396 g/mol. The number of aryl methyl sites for hydroxylation is 2. The fourth-order valence-electron chi connectivity index (χ4n) is 3.84. The van der Waals surface area contributed by atoms with Crippen molar-refractivity contribution in [2.45, 2.75) is 27.7 Å². The summed E-state index contributed by atoms with van der Waals surface area (Å²) in [6, 6.07) is 20.4. The minimum Gasteiger partial charge on any atom is -0.259 e. The molecule has 2 aromatic heterocycles. The molecule has 158 valence electrons. The van der Waals surface area contributed by atoms with E-state index in [1.807, 2.05) is 36.4 Å². The maximum Gasteiger partial charge on any atom is 0.181 e. The monoisotopic (exact) mass is 420 g/mol. The van der Waals surface area contributed by atoms with Gasteiger partial charge in [-0.05, 0) is 56.0 Å². The first-order chi connectivity index (χ1) is 15.5. The molecule has 0 saturated heterocycles. The van der Waals surface area contributed by atoms with E-state index in [0.29, 0.717) is 11.6 Å². The van der Waals surface area contributed by atoms with Gasteiger partial charge in [-0.1, -0.05) is 54.6 Å². The molecule has 0 aliphatic heterocycles. The van der Waals surface area contributed by atoms with E-state index in [4.69, 9.17) is 9.97 Å². The number of benzene rings is 3. The Morgan fingerprint density at radius 2 is 1.00 bits per heavy atom. The van der Waals surface area contributed by atoms with E-state index in [0.717, 1.165) is 33.9 Å². The molecule has 3 aromatic carbocycles. The van der Waals surface area contributed by atoms with E-state index >= 15 is 0 Å². The van der Waals surface area contributed by atoms with Crippen LogP contribution in [0.3, 0.4) is 0 Å². The van der Waals surface area contributed by atoms with Crippen LogP contribution in [0.5, 0.6) is 0 Å². The Morgan fingerprint density at radius 1 is 0.562 bits per heavy atom. The minimum absolute atomic E-state index is 0.646. The summed E-state index contributed by atoms with van der Waals surface area (Å²) in [5.74, 6) is 2.82. The van der Waals surface area contributed by atoms with Gasteiger partial charge < -0.3 is 0 Å². The van der Waals surface area contributed by atoms with Crippen molar-refractivity contribution < 1.29 is 0 Å². The molecule has 2 heterocycles. The number of aromatic amines is 2. The smallest absolute Gasteiger partial charge is 0.181 e. The van der Waals surface area contributed by atoms with Crippen LogP contribution in [-0.4, -0.2) is 30.4 Å². The van der Waals surface area contributed by atoms with Gasteiger partial charge in [-0.2, -0.15) is 10.2 Å². The predicted octanol–water partition coefficient (Wildman–Crippen LogP) is 5.82. The van der Waals surface area contributed by atoms with Crippen molar-refractivity contribution in [2.24, 2.45) is 0 Å². The van der Waals surface area contributed by atoms with Gasteiger partial charge in [0, 0.05) is 22.3 Å². The third-order valence-corrected chi connectivity index (χ3v) is 6.07. The molecule has 0 spiro atoms. The molecule has 32 heavy (non-hydrogen) atoms. The highest BCUT2D eigenvalue weighted by Gasteiger charge is 2.14. The molecule has 0 aliphatic rings. The molecule has 0 unspecified atom stereocenters. The van der Waals surface area contributed by atoms with Crippen LogP contribution in [-0.2, 0) is 0 Å². The van der Waals surface area contributed by atoms with E-state index < -0.39 is 0 Å². The highest BCUT2D eigenvalue weighted by molar-refractivity contribution is 5.70. The Bertz CT molecular complexity index is 1320. The Kier molecular flexibility index (Phi) is 4.90. The second-order valence-electron chi connectivity index (χ2n) is 8.09. The number of hydrogen-bond acceptors (Lipinski definition) is 4. The van der Waals surface area contributed by atoms with Crippen LogP contribution in [0.15, 0.2) is 60.7 Å². The van der Waals surface area contributed by atoms with Crippen molar-refractivity contribution in [1.29, 1.82) is 0 Å². The van der Waals surface area contributed by atoms with Crippen molar-refractivity contribution in [3.8, 4) is 45.6 Å². The minimum atomic E-state index is 0.646. The van der Waals surface area contributed by atoms with E-state index in [1.165, 1.54) is 22.3 Å². The van der Waals surface area contributed by atoms with Gasteiger partial charge in [0.2, 0.25) is 0 Å². The van der Waals surface area contributed by atoms with E-state index in [2.05, 4.69) is 72.4 Å². The molecule has 0 amide bonds. The van der Waals surface area contributed by atoms with Gasteiger partial charge in [0.15, 0.2) is 23.3 Å². The molecule has 2 N–H and O–H groups in total. The average molecular weight is 421 g/mol. The van der Waals surface area contributed by atoms with Crippen molar-refractivity contribution >= 4 is 0 Å². The van der Waals surface area contributed by atoms with Crippen molar-refractivity contribution in [3.63, 3.8) is 0 Å². The highest BCUT2D eigenvalue weighted by atomic mass is 15.2. The lowest BCUT2D eigenvalue weighted by atomic mass is 10.0. The van der Waals surface area contributed by atoms with Crippen LogP contribution in [0.2, 0.25) is 0 Å². The molecule has 5 rings (SSSR count). The summed E-state index contributed by atoms with van der Waals surface area (Å²) >= 11 is 0. The van der Waals surface area contributed by atoms with E-state index in [1.54, 1.807) is 0 Å². The van der Waals surface area contributed by atoms with Crippen LogP contribution in [0.25, 0.3) is 45.6 Å². The molecule has 5 aromatic rings. The lowest BCUT2D eigenvalue weighted by Crippen LogP contribution is -1.89. The fraction of sp³-hybridized carbons (Fsp3) is 0.154. The molecule has 6 heteroatoms. The summed E-state index contributed by atoms with van der Waals surface area (Å²) in [5, 5.41) is 15.1. The largest absolute Gasteiger partial charge is 0.259 e. The average Bonchev–Trinajstić information content (AvgIpc) is 3.48. The third-order valence-electron chi connectivity index (χ3n) is 6.07. The number of H-pyrrole nitrogens is 2. The Balaban J connectivity index is 1.48. The standard InChI is InChI=1S/C26H24N6/c1-15-8-5-12-21(17(15)3)25-27-23(29-31-25)19-10-7-11-20(14-19)24-28-26(32-30-24)22-13-6-9-16(2)18(22)4/h5-14H,1-4H3,(H,27,29,31)(H,28,30,32). The second-order valence-corrected chi connectivity index (χ2v) is 8.09. The van der Waals surface area contributed by atoms with Gasteiger partial charge in [0.05, 0.1) is 0 Å². The maximum atomic E-state index is 4.75. The zero-order valence-corrected chi connectivity index (χ0v) is 18.6. The Hall–Kier alpha value is -4.06. The van der Waals surface area contributed by atoms with Gasteiger partial charge >= 0.3 is 0 Å². The third kappa shape index (κ3) is 3.50. The van der Waals surface area contributed by atoms with Crippen LogP contribution < -0.4 is 0 Å². The maximum absolute atomic E-state index is 4.75. The summed E-state index contributed by atoms with van der Waals surface area (Å²) in [7, 11) is 0. The molecule has 0 radical (unpaired) electrons. The summed E-state index contributed by atoms with van der Waals surface area (Å²) in [5.41, 5.74) is 8.80. The zero-order valence-electron chi connectivity index (χ0n) is 18.6. The quantitative estimate of drug-likeness (QED) is 0.383. The molecular formula is C26H24N6. The number of rotatable bonds is 4. The first kappa shape index (κ1) is 19.9. The number of hydrogen-bond donors (Lipinski definition) is 2.